The van der Waals surface area contributed by atoms with Gasteiger partial charge in [-0.3, -0.25) is 0 Å². The fourth-order valence-electron chi connectivity index (χ4n) is 2.21. The van der Waals surface area contributed by atoms with Crippen molar-refractivity contribution in [3.8, 4) is 0 Å². The lowest BCUT2D eigenvalue weighted by Gasteiger charge is -2.25. The highest BCUT2D eigenvalue weighted by Crippen LogP contribution is 2.29. The van der Waals surface area contributed by atoms with Gasteiger partial charge in [-0.25, -0.2) is 4.98 Å². The Morgan fingerprint density at radius 1 is 1.38 bits per heavy atom. The molecule has 1 saturated carbocycles. The van der Waals surface area contributed by atoms with E-state index in [9.17, 15) is 0 Å². The molecule has 0 spiro atoms. The van der Waals surface area contributed by atoms with Gasteiger partial charge in [-0.15, -0.1) is 0 Å². The third kappa shape index (κ3) is 1.77. The summed E-state index contributed by atoms with van der Waals surface area (Å²) in [7, 11) is 0. The molecule has 2 aromatic rings. The van der Waals surface area contributed by atoms with Crippen LogP contribution in [0, 0.1) is 5.92 Å². The molecular formula is C13H16N2O. The number of nitrogens with zero attached hydrogens (tertiary/aromatic N) is 1. The van der Waals surface area contributed by atoms with E-state index in [0.29, 0.717) is 0 Å². The van der Waals surface area contributed by atoms with Gasteiger partial charge in [-0.1, -0.05) is 19.3 Å². The van der Waals surface area contributed by atoms with Crippen LogP contribution in [0.15, 0.2) is 29.0 Å². The maximum atomic E-state index is 5.34. The average Bonchev–Trinajstić information content (AvgIpc) is 2.70. The third-order valence-electron chi connectivity index (χ3n) is 3.45. The molecule has 0 radical (unpaired) electrons. The molecule has 3 nitrogen and oxygen atoms in total. The number of nitrogens with one attached hydrogen (secondary N) is 1. The Labute approximate surface area is 94.9 Å². The Hall–Kier alpha value is -1.51. The Morgan fingerprint density at radius 2 is 2.31 bits per heavy atom. The summed E-state index contributed by atoms with van der Waals surface area (Å²) in [6, 6.07) is 3.86. The molecule has 1 fully saturated rings. The number of fused-ring (bicyclic) bond motifs is 1. The molecule has 2 aromatic heterocycles. The highest BCUT2D eigenvalue weighted by Gasteiger charge is 2.16. The minimum Gasteiger partial charge on any atom is -0.464 e. The van der Waals surface area contributed by atoms with Crippen LogP contribution < -0.4 is 5.32 Å². The molecule has 1 N–H and O–H groups in total. The van der Waals surface area contributed by atoms with Crippen LogP contribution in [0.2, 0.25) is 0 Å². The highest BCUT2D eigenvalue weighted by atomic mass is 16.3. The van der Waals surface area contributed by atoms with Crippen molar-refractivity contribution < 1.29 is 4.42 Å². The van der Waals surface area contributed by atoms with Crippen LogP contribution in [0.3, 0.4) is 0 Å². The zero-order chi connectivity index (χ0) is 10.8. The van der Waals surface area contributed by atoms with E-state index in [-0.39, 0.29) is 0 Å². The monoisotopic (exact) mass is 216 g/mol. The summed E-state index contributed by atoms with van der Waals surface area (Å²) in [5.41, 5.74) is 0.904. The minimum atomic E-state index is 0.904. The van der Waals surface area contributed by atoms with Gasteiger partial charge in [0.1, 0.15) is 11.4 Å². The Bertz CT molecular complexity index is 473. The summed E-state index contributed by atoms with van der Waals surface area (Å²) in [5.74, 6) is 1.89. The number of pyridine rings is 1. The van der Waals surface area contributed by atoms with Gasteiger partial charge in [-0.05, 0) is 24.5 Å². The molecule has 3 heteroatoms. The fraction of sp³-hybridized carbons (Fsp3) is 0.462. The van der Waals surface area contributed by atoms with E-state index in [1.807, 2.05) is 12.1 Å². The first-order valence-electron chi connectivity index (χ1n) is 5.99. The van der Waals surface area contributed by atoms with Crippen molar-refractivity contribution >= 4 is 16.8 Å². The van der Waals surface area contributed by atoms with Crippen LogP contribution in [-0.2, 0) is 0 Å². The van der Waals surface area contributed by atoms with E-state index >= 15 is 0 Å². The lowest BCUT2D eigenvalue weighted by atomic mass is 9.83. The van der Waals surface area contributed by atoms with E-state index in [0.717, 1.165) is 29.2 Å². The van der Waals surface area contributed by atoms with E-state index in [4.69, 9.17) is 4.42 Å². The first-order chi connectivity index (χ1) is 7.93. The van der Waals surface area contributed by atoms with Crippen LogP contribution in [0.5, 0.6) is 0 Å². The minimum absolute atomic E-state index is 0.904. The van der Waals surface area contributed by atoms with Crippen molar-refractivity contribution in [2.75, 3.05) is 11.9 Å². The summed E-state index contributed by atoms with van der Waals surface area (Å²) in [6.07, 6.45) is 8.99. The highest BCUT2D eigenvalue weighted by molar-refractivity contribution is 5.87. The Balaban J connectivity index is 1.66. The van der Waals surface area contributed by atoms with Gasteiger partial charge in [0.2, 0.25) is 0 Å². The fourth-order valence-corrected chi connectivity index (χ4v) is 2.21. The first-order valence-corrected chi connectivity index (χ1v) is 5.99. The van der Waals surface area contributed by atoms with Crippen LogP contribution >= 0.6 is 0 Å². The molecule has 0 saturated heterocycles. The van der Waals surface area contributed by atoms with Gasteiger partial charge in [0, 0.05) is 12.7 Å². The molecule has 16 heavy (non-hydrogen) atoms. The zero-order valence-electron chi connectivity index (χ0n) is 9.28. The maximum Gasteiger partial charge on any atom is 0.139 e. The molecule has 0 bridgehead atoms. The predicted molar refractivity (Wildman–Crippen MR) is 64.5 cm³/mol. The summed E-state index contributed by atoms with van der Waals surface area (Å²) < 4.78 is 5.34. The van der Waals surface area contributed by atoms with Crippen LogP contribution in [0.1, 0.15) is 25.7 Å². The molecule has 0 amide bonds. The Morgan fingerprint density at radius 3 is 3.12 bits per heavy atom. The molecule has 0 atom stereocenters. The average molecular weight is 216 g/mol. The third-order valence-corrected chi connectivity index (χ3v) is 3.45. The molecule has 3 rings (SSSR count). The molecule has 1 aliphatic rings. The van der Waals surface area contributed by atoms with E-state index in [1.165, 1.54) is 25.7 Å². The number of aromatic nitrogens is 1. The first kappa shape index (κ1) is 9.70. The lowest BCUT2D eigenvalue weighted by Crippen LogP contribution is -2.15. The van der Waals surface area contributed by atoms with Gasteiger partial charge in [0.05, 0.1) is 11.6 Å². The van der Waals surface area contributed by atoms with Gasteiger partial charge in [0.25, 0.3) is 0 Å². The van der Waals surface area contributed by atoms with Crippen molar-refractivity contribution in [1.82, 2.24) is 4.98 Å². The van der Waals surface area contributed by atoms with Gasteiger partial charge < -0.3 is 9.73 Å². The Kier molecular flexibility index (Phi) is 2.52. The summed E-state index contributed by atoms with van der Waals surface area (Å²) in [6.45, 7) is 1.02. The molecular weight excluding hydrogens is 200 g/mol. The number of furan rings is 1. The molecule has 2 heterocycles. The number of anilines is 1. The molecule has 0 aromatic carbocycles. The summed E-state index contributed by atoms with van der Waals surface area (Å²) >= 11 is 0. The van der Waals surface area contributed by atoms with Crippen molar-refractivity contribution in [2.24, 2.45) is 5.92 Å². The van der Waals surface area contributed by atoms with Crippen molar-refractivity contribution in [3.05, 3.63) is 24.6 Å². The molecule has 1 aliphatic carbocycles. The van der Waals surface area contributed by atoms with Crippen molar-refractivity contribution in [1.29, 1.82) is 0 Å². The SMILES string of the molecule is c1cc2occc2c(NCCC2CCC2)n1. The second-order valence-corrected chi connectivity index (χ2v) is 4.50. The van der Waals surface area contributed by atoms with Gasteiger partial charge in [0.15, 0.2) is 0 Å². The smallest absolute Gasteiger partial charge is 0.139 e. The molecule has 0 unspecified atom stereocenters. The summed E-state index contributed by atoms with van der Waals surface area (Å²) in [5, 5.41) is 4.48. The maximum absolute atomic E-state index is 5.34. The lowest BCUT2D eigenvalue weighted by molar-refractivity contribution is 0.303. The quantitative estimate of drug-likeness (QED) is 0.850. The molecule has 0 aliphatic heterocycles. The summed E-state index contributed by atoms with van der Waals surface area (Å²) in [4.78, 5) is 4.35. The van der Waals surface area contributed by atoms with Crippen molar-refractivity contribution in [3.63, 3.8) is 0 Å². The van der Waals surface area contributed by atoms with Crippen LogP contribution in [0.4, 0.5) is 5.82 Å². The normalized spacial score (nSPS) is 16.2. The number of hydrogen-bond donors (Lipinski definition) is 1. The second-order valence-electron chi connectivity index (χ2n) is 4.50. The number of rotatable bonds is 4. The van der Waals surface area contributed by atoms with Crippen LogP contribution in [0.25, 0.3) is 11.0 Å². The van der Waals surface area contributed by atoms with Gasteiger partial charge in [-0.2, -0.15) is 0 Å². The van der Waals surface area contributed by atoms with Crippen LogP contribution in [-0.4, -0.2) is 11.5 Å². The van der Waals surface area contributed by atoms with E-state index in [1.54, 1.807) is 12.5 Å². The number of hydrogen-bond acceptors (Lipinski definition) is 3. The second kappa shape index (κ2) is 4.16. The predicted octanol–water partition coefficient (Wildman–Crippen LogP) is 3.43. The van der Waals surface area contributed by atoms with Gasteiger partial charge >= 0.3 is 0 Å². The standard InChI is InChI=1S/C13H16N2O/c1-2-10(3-1)4-7-14-13-11-6-9-16-12(11)5-8-15-13/h5-6,8-10H,1-4,7H2,(H,14,15). The zero-order valence-corrected chi connectivity index (χ0v) is 9.28. The van der Waals surface area contributed by atoms with Crippen molar-refractivity contribution in [2.45, 2.75) is 25.7 Å². The molecule has 84 valence electrons. The van der Waals surface area contributed by atoms with E-state index < -0.39 is 0 Å². The van der Waals surface area contributed by atoms with E-state index in [2.05, 4.69) is 10.3 Å². The largest absolute Gasteiger partial charge is 0.464 e. The topological polar surface area (TPSA) is 38.1 Å².